The van der Waals surface area contributed by atoms with Crippen LogP contribution in [0.25, 0.3) is 0 Å². The van der Waals surface area contributed by atoms with E-state index in [2.05, 4.69) is 26.8 Å². The first-order valence-electron chi connectivity index (χ1n) is 10.3. The summed E-state index contributed by atoms with van der Waals surface area (Å²) in [6.07, 6.45) is 5.11. The lowest BCUT2D eigenvalue weighted by Crippen LogP contribution is -2.49. The first-order chi connectivity index (χ1) is 12.4. The van der Waals surface area contributed by atoms with Crippen molar-refractivity contribution in [2.24, 2.45) is 23.2 Å². The molecular weight excluding hydrogens is 340 g/mol. The Labute approximate surface area is 162 Å². The molecule has 4 rings (SSSR count). The topological polar surface area (TPSA) is 52.6 Å². The maximum absolute atomic E-state index is 13.6. The van der Waals surface area contributed by atoms with Crippen LogP contribution in [0.3, 0.4) is 0 Å². The number of rotatable bonds is 2. The molecule has 0 unspecified atom stereocenters. The highest BCUT2D eigenvalue weighted by Gasteiger charge is 2.73. The molecule has 0 radical (unpaired) electrons. The van der Waals surface area contributed by atoms with Gasteiger partial charge in [-0.15, -0.1) is 0 Å². The Hall–Kier alpha value is -1.26. The quantitative estimate of drug-likeness (QED) is 0.734. The zero-order chi connectivity index (χ0) is 19.9. The van der Waals surface area contributed by atoms with Gasteiger partial charge in [-0.1, -0.05) is 33.8 Å². The minimum Gasteiger partial charge on any atom is -0.374 e. The van der Waals surface area contributed by atoms with Crippen molar-refractivity contribution < 1.29 is 19.1 Å². The van der Waals surface area contributed by atoms with E-state index in [1.807, 2.05) is 33.8 Å². The molecule has 148 valence electrons. The average Bonchev–Trinajstić information content (AvgIpc) is 3.04. The Morgan fingerprint density at radius 2 is 1.89 bits per heavy atom. The van der Waals surface area contributed by atoms with E-state index in [9.17, 15) is 9.59 Å². The number of ketones is 2. The molecule has 2 heterocycles. The lowest BCUT2D eigenvalue weighted by atomic mass is 9.75. The second kappa shape index (κ2) is 5.64. The second-order valence-corrected chi connectivity index (χ2v) is 10.2. The lowest BCUT2D eigenvalue weighted by molar-refractivity contribution is -0.158. The van der Waals surface area contributed by atoms with Gasteiger partial charge in [-0.25, -0.2) is 0 Å². The first-order valence-corrected chi connectivity index (χ1v) is 10.3. The van der Waals surface area contributed by atoms with Gasteiger partial charge in [-0.2, -0.15) is 0 Å². The van der Waals surface area contributed by atoms with Gasteiger partial charge >= 0.3 is 0 Å². The number of carbonyl (C=O) groups excluding carboxylic acids is 2. The van der Waals surface area contributed by atoms with Gasteiger partial charge in [0.25, 0.3) is 0 Å². The molecule has 4 heteroatoms. The SMILES string of the molecule is C/C1=C/C2=C[C@H](C)C[C@@]23O[C@]2(CC(C)(C)[C@@H](OC(C)C)[C@@H]2C1=O)[C@@H](C)C3=O. The van der Waals surface area contributed by atoms with Gasteiger partial charge < -0.3 is 9.47 Å². The molecular formula is C23H32O4. The third-order valence-corrected chi connectivity index (χ3v) is 7.22. The number of ether oxygens (including phenoxy) is 2. The van der Waals surface area contributed by atoms with Crippen LogP contribution in [-0.4, -0.2) is 35.0 Å². The zero-order valence-corrected chi connectivity index (χ0v) is 17.6. The summed E-state index contributed by atoms with van der Waals surface area (Å²) in [4.78, 5) is 27.2. The number of hydrogen-bond acceptors (Lipinski definition) is 4. The van der Waals surface area contributed by atoms with Crippen molar-refractivity contribution >= 4 is 11.6 Å². The highest BCUT2D eigenvalue weighted by molar-refractivity contribution is 6.04. The van der Waals surface area contributed by atoms with Crippen molar-refractivity contribution in [3.05, 3.63) is 23.3 Å². The van der Waals surface area contributed by atoms with E-state index < -0.39 is 17.1 Å². The number of carbonyl (C=O) groups is 2. The largest absolute Gasteiger partial charge is 0.374 e. The van der Waals surface area contributed by atoms with E-state index in [0.29, 0.717) is 18.4 Å². The van der Waals surface area contributed by atoms with Crippen molar-refractivity contribution in [1.29, 1.82) is 0 Å². The maximum atomic E-state index is 13.6. The molecule has 27 heavy (non-hydrogen) atoms. The van der Waals surface area contributed by atoms with E-state index >= 15 is 0 Å². The van der Waals surface area contributed by atoms with Crippen molar-refractivity contribution in [2.75, 3.05) is 0 Å². The fraction of sp³-hybridized carbons (Fsp3) is 0.739. The molecule has 2 fully saturated rings. The molecule has 2 spiro atoms. The number of allylic oxidation sites excluding steroid dienone is 2. The molecule has 0 aromatic carbocycles. The fourth-order valence-electron chi connectivity index (χ4n) is 6.23. The predicted octanol–water partition coefficient (Wildman–Crippen LogP) is 4.03. The number of Topliss-reactive ketones (excluding diaryl/α,β-unsaturated/α-hetero) is 2. The van der Waals surface area contributed by atoms with Crippen LogP contribution in [0.1, 0.15) is 61.3 Å². The molecule has 4 nitrogen and oxygen atoms in total. The van der Waals surface area contributed by atoms with Gasteiger partial charge in [0.2, 0.25) is 0 Å². The minimum absolute atomic E-state index is 0.00952. The average molecular weight is 373 g/mol. The van der Waals surface area contributed by atoms with Crippen molar-refractivity contribution in [3.63, 3.8) is 0 Å². The molecule has 2 aliphatic carbocycles. The monoisotopic (exact) mass is 372 g/mol. The molecule has 2 aliphatic heterocycles. The summed E-state index contributed by atoms with van der Waals surface area (Å²) in [5.41, 5.74) is -0.311. The minimum atomic E-state index is -0.887. The van der Waals surface area contributed by atoms with Gasteiger partial charge in [-0.05, 0) is 62.2 Å². The Balaban J connectivity index is 1.94. The van der Waals surface area contributed by atoms with Crippen LogP contribution in [0, 0.1) is 23.2 Å². The predicted molar refractivity (Wildman–Crippen MR) is 103 cm³/mol. The first kappa shape index (κ1) is 19.1. The van der Waals surface area contributed by atoms with Crippen molar-refractivity contribution in [3.8, 4) is 0 Å². The Morgan fingerprint density at radius 3 is 2.52 bits per heavy atom. The van der Waals surface area contributed by atoms with Crippen molar-refractivity contribution in [1.82, 2.24) is 0 Å². The van der Waals surface area contributed by atoms with E-state index in [-0.39, 0.29) is 41.0 Å². The third kappa shape index (κ3) is 2.35. The normalized spacial score (nSPS) is 47.3. The standard InChI is InChI=1S/C23H32O4/c1-12(2)26-20-17-18(24)14(4)9-16-8-13(3)10-22(16)19(25)15(5)23(17,27-22)11-21(20,6)7/h8-9,12-13,15,17,20H,10-11H2,1-7H3/b14-9-/t13-,15-,17-,20-,22+,23+/m0/s1. The summed E-state index contributed by atoms with van der Waals surface area (Å²) in [7, 11) is 0. The van der Waals surface area contributed by atoms with Crippen molar-refractivity contribution in [2.45, 2.75) is 84.7 Å². The van der Waals surface area contributed by atoms with Gasteiger partial charge in [0.15, 0.2) is 17.2 Å². The maximum Gasteiger partial charge on any atom is 0.174 e. The molecule has 1 saturated carbocycles. The molecule has 4 aliphatic rings. The van der Waals surface area contributed by atoms with Crippen LogP contribution in [-0.2, 0) is 19.1 Å². The second-order valence-electron chi connectivity index (χ2n) is 10.2. The summed E-state index contributed by atoms with van der Waals surface area (Å²) >= 11 is 0. The van der Waals surface area contributed by atoms with Crippen LogP contribution in [0.5, 0.6) is 0 Å². The third-order valence-electron chi connectivity index (χ3n) is 7.22. The molecule has 0 aromatic heterocycles. The van der Waals surface area contributed by atoms with Gasteiger partial charge in [0, 0.05) is 5.92 Å². The molecule has 1 saturated heterocycles. The molecule has 0 N–H and O–H groups in total. The Morgan fingerprint density at radius 1 is 1.22 bits per heavy atom. The molecule has 0 aromatic rings. The van der Waals surface area contributed by atoms with Crippen LogP contribution in [0.2, 0.25) is 0 Å². The van der Waals surface area contributed by atoms with Crippen LogP contribution in [0.15, 0.2) is 23.3 Å². The molecule has 6 atom stereocenters. The fourth-order valence-corrected chi connectivity index (χ4v) is 6.23. The smallest absolute Gasteiger partial charge is 0.174 e. The van der Waals surface area contributed by atoms with E-state index in [0.717, 1.165) is 5.57 Å². The summed E-state index contributed by atoms with van der Waals surface area (Å²) in [5, 5.41) is 0. The highest BCUT2D eigenvalue weighted by Crippen LogP contribution is 2.63. The highest BCUT2D eigenvalue weighted by atomic mass is 16.5. The summed E-state index contributed by atoms with van der Waals surface area (Å²) in [6, 6.07) is 0. The van der Waals surface area contributed by atoms with Crippen LogP contribution < -0.4 is 0 Å². The van der Waals surface area contributed by atoms with Gasteiger partial charge in [0.1, 0.15) is 0 Å². The summed E-state index contributed by atoms with van der Waals surface area (Å²) in [6.45, 7) is 14.3. The number of hydrogen-bond donors (Lipinski definition) is 0. The molecule has 0 amide bonds. The molecule has 2 bridgehead atoms. The van der Waals surface area contributed by atoms with E-state index in [1.54, 1.807) is 0 Å². The van der Waals surface area contributed by atoms with Crippen LogP contribution in [0.4, 0.5) is 0 Å². The zero-order valence-electron chi connectivity index (χ0n) is 17.6. The summed E-state index contributed by atoms with van der Waals surface area (Å²) < 4.78 is 13.1. The van der Waals surface area contributed by atoms with Gasteiger partial charge in [-0.3, -0.25) is 9.59 Å². The summed E-state index contributed by atoms with van der Waals surface area (Å²) in [5.74, 6) is -0.287. The van der Waals surface area contributed by atoms with Crippen LogP contribution >= 0.6 is 0 Å². The van der Waals surface area contributed by atoms with Gasteiger partial charge in [0.05, 0.1) is 23.7 Å². The van der Waals surface area contributed by atoms with E-state index in [4.69, 9.17) is 9.47 Å². The Bertz CT molecular complexity index is 773. The lowest BCUT2D eigenvalue weighted by Gasteiger charge is -2.39. The Kier molecular flexibility index (Phi) is 3.98. The van der Waals surface area contributed by atoms with E-state index in [1.165, 1.54) is 0 Å².